The number of ether oxygens (including phenoxy) is 2. The van der Waals surface area contributed by atoms with Gasteiger partial charge in [-0.3, -0.25) is 10.1 Å². The number of nitrogens with two attached hydrogens (primary N) is 1. The zero-order valence-electron chi connectivity index (χ0n) is 21.3. The van der Waals surface area contributed by atoms with E-state index in [1.807, 2.05) is 65.6 Å². The van der Waals surface area contributed by atoms with Crippen LogP contribution in [0.15, 0.2) is 84.9 Å². The molecule has 0 heterocycles. The van der Waals surface area contributed by atoms with Crippen molar-refractivity contribution in [3.63, 3.8) is 0 Å². The minimum atomic E-state index is -0.718. The Hall–Kier alpha value is -1.94. The molecule has 0 unspecified atom stereocenters. The number of nitrogens with zero attached hydrogens (tertiary/aromatic N) is 1. The number of nitro groups is 1. The molecule has 41 heavy (non-hydrogen) atoms. The van der Waals surface area contributed by atoms with E-state index in [0.29, 0.717) is 13.3 Å². The van der Waals surface area contributed by atoms with Crippen LogP contribution in [0.4, 0.5) is 20.2 Å². The van der Waals surface area contributed by atoms with Crippen molar-refractivity contribution in [2.45, 2.75) is 13.2 Å². The van der Waals surface area contributed by atoms with Gasteiger partial charge in [0.15, 0.2) is 0 Å². The normalized spacial score (nSPS) is 9.61. The Morgan fingerprint density at radius 1 is 0.805 bits per heavy atom. The Morgan fingerprint density at radius 2 is 1.15 bits per heavy atom. The summed E-state index contributed by atoms with van der Waals surface area (Å²) in [5.74, 6) is -2.61. The first-order valence-corrected chi connectivity index (χ1v) is 25.9. The second kappa shape index (κ2) is 20.9. The van der Waals surface area contributed by atoms with E-state index in [1.165, 1.54) is 0 Å². The summed E-state index contributed by atoms with van der Waals surface area (Å²) in [7, 11) is 0. The van der Waals surface area contributed by atoms with Gasteiger partial charge in [-0.2, -0.15) is 0 Å². The molecule has 8 nitrogen and oxygen atoms in total. The average Bonchev–Trinajstić information content (AvgIpc) is 2.96. The molecule has 0 fully saturated rings. The van der Waals surface area contributed by atoms with Crippen LogP contribution in [0.25, 0.3) is 0 Å². The van der Waals surface area contributed by atoms with Gasteiger partial charge in [-0.25, -0.2) is 8.78 Å². The Balaban J connectivity index is 0.000000465. The maximum Gasteiger partial charge on any atom is 0.352 e. The van der Waals surface area contributed by atoms with Crippen molar-refractivity contribution in [3.05, 3.63) is 118 Å². The Labute approximate surface area is 279 Å². The fourth-order valence-electron chi connectivity index (χ4n) is 3.01. The quantitative estimate of drug-likeness (QED) is 0.0555. The molecule has 0 bridgehead atoms. The number of hydrogen-bond donors (Lipinski definition) is 3. The van der Waals surface area contributed by atoms with E-state index in [1.54, 1.807) is 0 Å². The van der Waals surface area contributed by atoms with E-state index >= 15 is 0 Å². The number of phenols is 2. The predicted molar refractivity (Wildman–Crippen MR) is 177 cm³/mol. The third kappa shape index (κ3) is 13.7. The van der Waals surface area contributed by atoms with Crippen LogP contribution in [0.3, 0.4) is 0 Å². The molecule has 0 spiro atoms. The van der Waals surface area contributed by atoms with E-state index in [9.17, 15) is 18.9 Å². The van der Waals surface area contributed by atoms with Gasteiger partial charge in [0, 0.05) is 24.3 Å². The summed E-state index contributed by atoms with van der Waals surface area (Å²) in [6.07, 6.45) is 0. The van der Waals surface area contributed by atoms with Gasteiger partial charge in [0.25, 0.3) is 0 Å². The Morgan fingerprint density at radius 3 is 1.49 bits per heavy atom. The SMILES string of the molecule is CI.I[I-]I.Nc1c(O)cc(F)cc1O.O=[N+]([O-])c1c(OCc2ccccc2)cc(F)cc1OCc1ccccc1. The van der Waals surface area contributed by atoms with Crippen molar-refractivity contribution in [2.75, 3.05) is 10.7 Å². The largest absolute Gasteiger partial charge is 0.506 e. The molecule has 0 saturated carbocycles. The van der Waals surface area contributed by atoms with Crippen LogP contribution in [-0.2, 0) is 13.2 Å². The minimum Gasteiger partial charge on any atom is -0.506 e. The van der Waals surface area contributed by atoms with Crippen molar-refractivity contribution in [1.29, 1.82) is 0 Å². The van der Waals surface area contributed by atoms with Gasteiger partial charge >= 0.3 is 56.2 Å². The first-order chi connectivity index (χ1) is 19.7. The number of benzene rings is 4. The number of nitro benzene ring substituents is 1. The molecule has 0 aromatic heterocycles. The minimum absolute atomic E-state index is 0.0866. The van der Waals surface area contributed by atoms with Crippen molar-refractivity contribution in [3.8, 4) is 23.0 Å². The third-order valence-corrected chi connectivity index (χ3v) is 4.76. The van der Waals surface area contributed by atoms with E-state index < -0.39 is 33.7 Å². The standard InChI is InChI=1S/C20H16FNO4.C6H6FNO2.CH3I.I3/c21-17-11-18(25-13-15-7-3-1-4-8-15)20(22(23)24)19(12-17)26-14-16-9-5-2-6-10-16;7-3-1-4(9)6(8)5(10)2-3;1-2;1-3-2/h1-12H,13-14H2;1-2,9-10H,8H2;1H3;/q;;;-1. The van der Waals surface area contributed by atoms with E-state index in [-0.39, 0.29) is 30.4 Å². The molecule has 4 N–H and O–H groups in total. The molecule has 4 rings (SSSR count). The molecule has 4 aromatic rings. The molecule has 0 aliphatic carbocycles. The molecule has 0 saturated heterocycles. The van der Waals surface area contributed by atoms with Crippen LogP contribution >= 0.6 is 59.8 Å². The van der Waals surface area contributed by atoms with Gasteiger partial charge in [0.2, 0.25) is 11.5 Å². The number of rotatable bonds is 7. The van der Waals surface area contributed by atoms with Crippen molar-refractivity contribution in [2.24, 2.45) is 0 Å². The van der Waals surface area contributed by atoms with Crippen LogP contribution in [0.2, 0.25) is 0 Å². The number of anilines is 1. The first kappa shape index (κ1) is 37.1. The molecule has 0 aliphatic heterocycles. The van der Waals surface area contributed by atoms with E-state index in [2.05, 4.69) is 59.8 Å². The van der Waals surface area contributed by atoms with Gasteiger partial charge < -0.3 is 25.4 Å². The third-order valence-electron chi connectivity index (χ3n) is 4.76. The number of aromatic hydroxyl groups is 2. The van der Waals surface area contributed by atoms with Gasteiger partial charge in [-0.1, -0.05) is 83.3 Å². The smallest absolute Gasteiger partial charge is 0.352 e. The number of phenolic OH excluding ortho intramolecular Hbond substituents is 2. The topological polar surface area (TPSA) is 128 Å². The maximum atomic E-state index is 13.9. The summed E-state index contributed by atoms with van der Waals surface area (Å²) in [6, 6.07) is 21.9. The number of hydrogen-bond acceptors (Lipinski definition) is 7. The first-order valence-electron chi connectivity index (χ1n) is 11.2. The predicted octanol–water partition coefficient (Wildman–Crippen LogP) is 5.54. The summed E-state index contributed by atoms with van der Waals surface area (Å²) in [4.78, 5) is 12.8. The molecule has 0 aliphatic rings. The zero-order valence-corrected chi connectivity index (χ0v) is 29.9. The maximum absolute atomic E-state index is 13.9. The second-order valence-electron chi connectivity index (χ2n) is 7.47. The van der Waals surface area contributed by atoms with Gasteiger partial charge in [-0.15, -0.1) is 0 Å². The summed E-state index contributed by atoms with van der Waals surface area (Å²) in [6.45, 7) is 0.173. The van der Waals surface area contributed by atoms with Crippen molar-refractivity contribution in [1.82, 2.24) is 0 Å². The molecule has 4 aromatic carbocycles. The van der Waals surface area contributed by atoms with Gasteiger partial charge in [0.05, 0.1) is 4.92 Å². The summed E-state index contributed by atoms with van der Waals surface area (Å²) in [5.41, 5.74) is 6.12. The van der Waals surface area contributed by atoms with Crippen LogP contribution in [-0.4, -0.2) is 20.1 Å². The monoisotopic (exact) mass is 1020 g/mol. The molecule has 0 radical (unpaired) electrons. The second-order valence-corrected chi connectivity index (χ2v) is 23.7. The fourth-order valence-corrected chi connectivity index (χ4v) is 3.01. The average molecular weight is 1020 g/mol. The number of halogens is 6. The van der Waals surface area contributed by atoms with Crippen LogP contribution in [0, 0.1) is 21.7 Å². The number of alkyl halides is 1. The van der Waals surface area contributed by atoms with E-state index in [4.69, 9.17) is 25.4 Å². The Bertz CT molecular complexity index is 1270. The molecular formula is C27H25F2I4N2O6-. The van der Waals surface area contributed by atoms with Gasteiger partial charge in [0.1, 0.15) is 42.0 Å². The van der Waals surface area contributed by atoms with Crippen LogP contribution in [0.5, 0.6) is 23.0 Å². The zero-order chi connectivity index (χ0) is 30.8. The summed E-state index contributed by atoms with van der Waals surface area (Å²) in [5, 5.41) is 29.0. The van der Waals surface area contributed by atoms with Crippen molar-refractivity contribution < 1.29 is 46.6 Å². The Kier molecular flexibility index (Phi) is 18.9. The summed E-state index contributed by atoms with van der Waals surface area (Å²) >= 11 is 7.45. The van der Waals surface area contributed by atoms with E-state index in [0.717, 1.165) is 35.4 Å². The molecule has 222 valence electrons. The number of nitrogen functional groups attached to an aromatic ring is 1. The van der Waals surface area contributed by atoms with Crippen LogP contribution < -0.4 is 28.5 Å². The fraction of sp³-hybridized carbons (Fsp3) is 0.111. The summed E-state index contributed by atoms with van der Waals surface area (Å²) < 4.78 is 37.2. The molecule has 14 heteroatoms. The molecule has 0 amide bonds. The van der Waals surface area contributed by atoms with Crippen molar-refractivity contribution >= 4 is 71.2 Å². The molecule has 0 atom stereocenters. The van der Waals surface area contributed by atoms with Crippen LogP contribution in [0.1, 0.15) is 11.1 Å². The molecular weight excluding hydrogens is 994 g/mol. The van der Waals surface area contributed by atoms with Gasteiger partial charge in [-0.05, 0) is 16.1 Å².